The van der Waals surface area contributed by atoms with Crippen LogP contribution in [0.2, 0.25) is 0 Å². The summed E-state index contributed by atoms with van der Waals surface area (Å²) >= 11 is 0. The Kier molecular flexibility index (Phi) is 6.97. The molecular formula is C22H24FN3O3. The Labute approximate surface area is 168 Å². The normalized spacial score (nSPS) is 10.8. The number of methoxy groups -OCH3 is 1. The van der Waals surface area contributed by atoms with Crippen molar-refractivity contribution in [1.29, 1.82) is 0 Å². The molecule has 0 saturated heterocycles. The highest BCUT2D eigenvalue weighted by molar-refractivity contribution is 5.92. The smallest absolute Gasteiger partial charge is 0.239 e. The first-order valence-corrected chi connectivity index (χ1v) is 9.46. The van der Waals surface area contributed by atoms with Crippen molar-refractivity contribution in [3.8, 4) is 11.3 Å². The summed E-state index contributed by atoms with van der Waals surface area (Å²) in [6.45, 7) is 0.724. The number of rotatable bonds is 9. The molecule has 0 radical (unpaired) electrons. The van der Waals surface area contributed by atoms with Gasteiger partial charge in [-0.2, -0.15) is 0 Å². The lowest BCUT2D eigenvalue weighted by Gasteiger charge is -2.08. The van der Waals surface area contributed by atoms with E-state index < -0.39 is 0 Å². The van der Waals surface area contributed by atoms with E-state index >= 15 is 0 Å². The number of aryl methyl sites for hydroxylation is 1. The first-order valence-electron chi connectivity index (χ1n) is 9.46. The van der Waals surface area contributed by atoms with E-state index in [-0.39, 0.29) is 30.6 Å². The fourth-order valence-electron chi connectivity index (χ4n) is 3.19. The van der Waals surface area contributed by atoms with Gasteiger partial charge in [-0.3, -0.25) is 9.59 Å². The molecule has 1 aromatic heterocycles. The average Bonchev–Trinajstić information content (AvgIpc) is 3.09. The van der Waals surface area contributed by atoms with Crippen LogP contribution in [-0.2, 0) is 20.7 Å². The van der Waals surface area contributed by atoms with E-state index in [0.29, 0.717) is 19.6 Å². The number of H-pyrrole nitrogens is 1. The van der Waals surface area contributed by atoms with E-state index in [1.165, 1.54) is 12.1 Å². The van der Waals surface area contributed by atoms with Crippen molar-refractivity contribution in [3.63, 3.8) is 0 Å². The molecule has 0 fully saturated rings. The molecule has 3 aromatic rings. The van der Waals surface area contributed by atoms with E-state index in [1.54, 1.807) is 13.2 Å². The fourth-order valence-corrected chi connectivity index (χ4v) is 3.19. The molecule has 7 heteroatoms. The summed E-state index contributed by atoms with van der Waals surface area (Å²) in [4.78, 5) is 27.2. The van der Waals surface area contributed by atoms with Crippen molar-refractivity contribution in [2.75, 3.05) is 26.8 Å². The molecule has 0 aliphatic carbocycles. The van der Waals surface area contributed by atoms with Gasteiger partial charge in [0.2, 0.25) is 11.8 Å². The molecule has 0 spiro atoms. The van der Waals surface area contributed by atoms with Crippen LogP contribution in [0.4, 0.5) is 4.39 Å². The molecule has 3 rings (SSSR count). The maximum atomic E-state index is 13.8. The first kappa shape index (κ1) is 20.5. The van der Waals surface area contributed by atoms with Crippen LogP contribution >= 0.6 is 0 Å². The Morgan fingerprint density at radius 1 is 1.07 bits per heavy atom. The predicted octanol–water partition coefficient (Wildman–Crippen LogP) is 2.79. The largest absolute Gasteiger partial charge is 0.383 e. The highest BCUT2D eigenvalue weighted by Crippen LogP contribution is 2.31. The Morgan fingerprint density at radius 2 is 1.86 bits per heavy atom. The Hall–Kier alpha value is -3.19. The number of hydrogen-bond acceptors (Lipinski definition) is 3. The number of nitrogens with one attached hydrogen (secondary N) is 3. The van der Waals surface area contributed by atoms with Crippen LogP contribution in [0.3, 0.4) is 0 Å². The molecule has 2 amide bonds. The SMILES string of the molecule is COCCNC(=O)CNC(=O)CCc1c(-c2ccccc2)[nH]c2ccc(F)cc12. The van der Waals surface area contributed by atoms with Crippen LogP contribution in [0.25, 0.3) is 22.2 Å². The molecular weight excluding hydrogens is 373 g/mol. The lowest BCUT2D eigenvalue weighted by atomic mass is 10.0. The first-order chi connectivity index (χ1) is 14.1. The highest BCUT2D eigenvalue weighted by atomic mass is 19.1. The van der Waals surface area contributed by atoms with Crippen LogP contribution in [-0.4, -0.2) is 43.6 Å². The number of benzene rings is 2. The van der Waals surface area contributed by atoms with Gasteiger partial charge in [0.25, 0.3) is 0 Å². The standard InChI is InChI=1S/C22H24FN3O3/c1-29-12-11-24-21(28)14-25-20(27)10-8-17-18-13-16(23)7-9-19(18)26-22(17)15-5-3-2-4-6-15/h2-7,9,13,26H,8,10-12,14H2,1H3,(H,24,28)(H,25,27). The maximum Gasteiger partial charge on any atom is 0.239 e. The third-order valence-corrected chi connectivity index (χ3v) is 4.61. The summed E-state index contributed by atoms with van der Waals surface area (Å²) in [5.41, 5.74) is 3.54. The molecule has 2 aromatic carbocycles. The van der Waals surface area contributed by atoms with Gasteiger partial charge in [-0.15, -0.1) is 0 Å². The van der Waals surface area contributed by atoms with Gasteiger partial charge in [0.05, 0.1) is 13.2 Å². The number of hydrogen-bond donors (Lipinski definition) is 3. The fraction of sp³-hybridized carbons (Fsp3) is 0.273. The number of aromatic amines is 1. The summed E-state index contributed by atoms with van der Waals surface area (Å²) < 4.78 is 18.7. The maximum absolute atomic E-state index is 13.8. The third kappa shape index (κ3) is 5.42. The van der Waals surface area contributed by atoms with Crippen molar-refractivity contribution < 1.29 is 18.7 Å². The molecule has 0 aliphatic heterocycles. The molecule has 0 aliphatic rings. The zero-order chi connectivity index (χ0) is 20.6. The Bertz CT molecular complexity index is 986. The van der Waals surface area contributed by atoms with Crippen molar-refractivity contribution in [2.45, 2.75) is 12.8 Å². The summed E-state index contributed by atoms with van der Waals surface area (Å²) in [5.74, 6) is -0.833. The van der Waals surface area contributed by atoms with Crippen molar-refractivity contribution in [3.05, 3.63) is 59.9 Å². The third-order valence-electron chi connectivity index (χ3n) is 4.61. The van der Waals surface area contributed by atoms with Crippen LogP contribution in [0, 0.1) is 5.82 Å². The number of ether oxygens (including phenoxy) is 1. The molecule has 29 heavy (non-hydrogen) atoms. The van der Waals surface area contributed by atoms with E-state index in [0.717, 1.165) is 27.7 Å². The van der Waals surface area contributed by atoms with E-state index in [4.69, 9.17) is 4.74 Å². The summed E-state index contributed by atoms with van der Waals surface area (Å²) in [5, 5.41) is 6.02. The van der Waals surface area contributed by atoms with Crippen LogP contribution in [0.15, 0.2) is 48.5 Å². The van der Waals surface area contributed by atoms with Gasteiger partial charge >= 0.3 is 0 Å². The van der Waals surface area contributed by atoms with Crippen molar-refractivity contribution >= 4 is 22.7 Å². The van der Waals surface area contributed by atoms with E-state index in [9.17, 15) is 14.0 Å². The summed E-state index contributed by atoms with van der Waals surface area (Å²) in [6.07, 6.45) is 0.611. The number of amides is 2. The monoisotopic (exact) mass is 397 g/mol. The number of halogens is 1. The van der Waals surface area contributed by atoms with Crippen LogP contribution < -0.4 is 10.6 Å². The van der Waals surface area contributed by atoms with E-state index in [1.807, 2.05) is 30.3 Å². The van der Waals surface area contributed by atoms with Gasteiger partial charge in [0.15, 0.2) is 0 Å². The molecule has 152 valence electrons. The van der Waals surface area contributed by atoms with Crippen LogP contribution in [0.1, 0.15) is 12.0 Å². The molecule has 0 saturated carbocycles. The number of fused-ring (bicyclic) bond motifs is 1. The lowest BCUT2D eigenvalue weighted by Crippen LogP contribution is -2.38. The van der Waals surface area contributed by atoms with Crippen molar-refractivity contribution in [1.82, 2.24) is 15.6 Å². The van der Waals surface area contributed by atoms with Gasteiger partial charge in [-0.25, -0.2) is 4.39 Å². The summed E-state index contributed by atoms with van der Waals surface area (Å²) in [6, 6.07) is 14.3. The minimum atomic E-state index is -0.324. The highest BCUT2D eigenvalue weighted by Gasteiger charge is 2.15. The quantitative estimate of drug-likeness (QED) is 0.486. The number of carbonyl (C=O) groups is 2. The predicted molar refractivity (Wildman–Crippen MR) is 110 cm³/mol. The number of carbonyl (C=O) groups excluding carboxylic acids is 2. The van der Waals surface area contributed by atoms with Gasteiger partial charge in [0, 0.05) is 36.7 Å². The number of aromatic nitrogens is 1. The molecule has 3 N–H and O–H groups in total. The lowest BCUT2D eigenvalue weighted by molar-refractivity contribution is -0.126. The second-order valence-corrected chi connectivity index (χ2v) is 6.65. The Balaban J connectivity index is 1.70. The van der Waals surface area contributed by atoms with Gasteiger partial charge in [0.1, 0.15) is 5.82 Å². The van der Waals surface area contributed by atoms with Gasteiger partial charge in [-0.05, 0) is 35.7 Å². The van der Waals surface area contributed by atoms with Gasteiger partial charge < -0.3 is 20.4 Å². The zero-order valence-electron chi connectivity index (χ0n) is 16.3. The minimum absolute atomic E-state index is 0.0867. The second-order valence-electron chi connectivity index (χ2n) is 6.65. The zero-order valence-corrected chi connectivity index (χ0v) is 16.3. The van der Waals surface area contributed by atoms with Gasteiger partial charge in [-0.1, -0.05) is 30.3 Å². The minimum Gasteiger partial charge on any atom is -0.383 e. The molecule has 0 unspecified atom stereocenters. The molecule has 6 nitrogen and oxygen atoms in total. The van der Waals surface area contributed by atoms with Crippen molar-refractivity contribution in [2.24, 2.45) is 0 Å². The van der Waals surface area contributed by atoms with E-state index in [2.05, 4.69) is 15.6 Å². The average molecular weight is 397 g/mol. The molecule has 0 bridgehead atoms. The van der Waals surface area contributed by atoms with Crippen LogP contribution in [0.5, 0.6) is 0 Å². The summed E-state index contributed by atoms with van der Waals surface area (Å²) in [7, 11) is 1.55. The second kappa shape index (κ2) is 9.84. The topological polar surface area (TPSA) is 83.2 Å². The Morgan fingerprint density at radius 3 is 2.62 bits per heavy atom. The molecule has 1 heterocycles. The molecule has 0 atom stereocenters.